The lowest BCUT2D eigenvalue weighted by atomic mass is 9.95. The molecule has 0 unspecified atom stereocenters. The van der Waals surface area contributed by atoms with Gasteiger partial charge in [-0.15, -0.1) is 0 Å². The second kappa shape index (κ2) is 11.8. The number of carbonyl (C=O) groups excluding carboxylic acids is 2. The predicted octanol–water partition coefficient (Wildman–Crippen LogP) is 3.42. The Hall–Kier alpha value is -2.14. The zero-order chi connectivity index (χ0) is 21.2. The maximum Gasteiger partial charge on any atom is 0.246 e. The van der Waals surface area contributed by atoms with Gasteiger partial charge in [-0.05, 0) is 43.5 Å². The molecule has 29 heavy (non-hydrogen) atoms. The normalized spacial score (nSPS) is 16.6. The van der Waals surface area contributed by atoms with E-state index < -0.39 is 0 Å². The number of amides is 2. The van der Waals surface area contributed by atoms with Gasteiger partial charge in [0.25, 0.3) is 0 Å². The van der Waals surface area contributed by atoms with Gasteiger partial charge in [0.2, 0.25) is 11.8 Å². The van der Waals surface area contributed by atoms with Gasteiger partial charge < -0.3 is 10.2 Å². The SMILES string of the molecule is CCN(CC)[C@H](CNC(=O)C1CCN(C(=O)/C=C/c2ccccc2)CC1)C(C)C. The quantitative estimate of drug-likeness (QED) is 0.648. The highest BCUT2D eigenvalue weighted by molar-refractivity contribution is 5.92. The van der Waals surface area contributed by atoms with Gasteiger partial charge in [0.05, 0.1) is 0 Å². The summed E-state index contributed by atoms with van der Waals surface area (Å²) >= 11 is 0. The molecular formula is C24H37N3O2. The highest BCUT2D eigenvalue weighted by Crippen LogP contribution is 2.18. The predicted molar refractivity (Wildman–Crippen MR) is 119 cm³/mol. The summed E-state index contributed by atoms with van der Waals surface area (Å²) < 4.78 is 0. The molecule has 5 nitrogen and oxygen atoms in total. The van der Waals surface area contributed by atoms with Crippen LogP contribution in [0.1, 0.15) is 46.1 Å². The summed E-state index contributed by atoms with van der Waals surface area (Å²) in [6.45, 7) is 12.7. The van der Waals surface area contributed by atoms with Crippen molar-refractivity contribution in [1.82, 2.24) is 15.1 Å². The molecule has 0 aliphatic carbocycles. The molecule has 1 aliphatic rings. The number of piperidine rings is 1. The first-order valence-electron chi connectivity index (χ1n) is 11.0. The molecule has 5 heteroatoms. The van der Waals surface area contributed by atoms with Crippen LogP contribution in [-0.4, -0.2) is 60.4 Å². The fourth-order valence-electron chi connectivity index (χ4n) is 4.03. The monoisotopic (exact) mass is 399 g/mol. The molecule has 1 aliphatic heterocycles. The number of hydrogen-bond acceptors (Lipinski definition) is 3. The molecule has 1 aromatic rings. The van der Waals surface area contributed by atoms with Crippen molar-refractivity contribution in [3.8, 4) is 0 Å². The summed E-state index contributed by atoms with van der Waals surface area (Å²) in [4.78, 5) is 29.3. The van der Waals surface area contributed by atoms with Crippen LogP contribution >= 0.6 is 0 Å². The molecule has 1 N–H and O–H groups in total. The van der Waals surface area contributed by atoms with Crippen LogP contribution in [0.4, 0.5) is 0 Å². The molecular weight excluding hydrogens is 362 g/mol. The number of benzene rings is 1. The van der Waals surface area contributed by atoms with Crippen LogP contribution in [-0.2, 0) is 9.59 Å². The summed E-state index contributed by atoms with van der Waals surface area (Å²) in [6, 6.07) is 10.2. The van der Waals surface area contributed by atoms with Crippen molar-refractivity contribution in [2.24, 2.45) is 11.8 Å². The molecule has 1 fully saturated rings. The summed E-state index contributed by atoms with van der Waals surface area (Å²) in [6.07, 6.45) is 4.94. The number of likely N-dealkylation sites (N-methyl/N-ethyl adjacent to an activating group) is 1. The minimum atomic E-state index is 0.00154. The summed E-state index contributed by atoms with van der Waals surface area (Å²) in [7, 11) is 0. The Labute approximate surface area is 176 Å². The van der Waals surface area contributed by atoms with E-state index in [-0.39, 0.29) is 17.7 Å². The van der Waals surface area contributed by atoms with Crippen molar-refractivity contribution in [1.29, 1.82) is 0 Å². The average Bonchev–Trinajstić information content (AvgIpc) is 2.75. The number of hydrogen-bond donors (Lipinski definition) is 1. The van der Waals surface area contributed by atoms with Gasteiger partial charge in [0, 0.05) is 37.7 Å². The van der Waals surface area contributed by atoms with Crippen molar-refractivity contribution < 1.29 is 9.59 Å². The van der Waals surface area contributed by atoms with E-state index in [2.05, 4.69) is 37.9 Å². The summed E-state index contributed by atoms with van der Waals surface area (Å²) in [5.74, 6) is 0.650. The topological polar surface area (TPSA) is 52.7 Å². The van der Waals surface area contributed by atoms with Crippen LogP contribution in [0.5, 0.6) is 0 Å². The Morgan fingerprint density at radius 3 is 2.31 bits per heavy atom. The second-order valence-corrected chi connectivity index (χ2v) is 8.12. The highest BCUT2D eigenvalue weighted by atomic mass is 16.2. The van der Waals surface area contributed by atoms with E-state index in [1.165, 1.54) is 0 Å². The Bertz CT molecular complexity index is 660. The second-order valence-electron chi connectivity index (χ2n) is 8.12. The van der Waals surface area contributed by atoms with E-state index >= 15 is 0 Å². The van der Waals surface area contributed by atoms with Crippen LogP contribution < -0.4 is 5.32 Å². The first kappa shape index (κ1) is 23.1. The number of nitrogens with one attached hydrogen (secondary N) is 1. The number of nitrogens with zero attached hydrogens (tertiary/aromatic N) is 2. The van der Waals surface area contributed by atoms with E-state index in [0.29, 0.717) is 31.6 Å². The van der Waals surface area contributed by atoms with Crippen molar-refractivity contribution >= 4 is 17.9 Å². The number of rotatable bonds is 9. The van der Waals surface area contributed by atoms with Crippen LogP contribution in [0.15, 0.2) is 36.4 Å². The Morgan fingerprint density at radius 1 is 1.14 bits per heavy atom. The smallest absolute Gasteiger partial charge is 0.246 e. The third kappa shape index (κ3) is 7.00. The minimum Gasteiger partial charge on any atom is -0.354 e. The average molecular weight is 400 g/mol. The first-order valence-corrected chi connectivity index (χ1v) is 11.0. The lowest BCUT2D eigenvalue weighted by Crippen LogP contribution is -2.49. The van der Waals surface area contributed by atoms with Crippen molar-refractivity contribution in [3.05, 3.63) is 42.0 Å². The van der Waals surface area contributed by atoms with Gasteiger partial charge in [-0.1, -0.05) is 58.0 Å². The maximum absolute atomic E-state index is 12.7. The molecule has 0 aromatic heterocycles. The van der Waals surface area contributed by atoms with Crippen molar-refractivity contribution in [2.75, 3.05) is 32.7 Å². The molecule has 0 saturated carbocycles. The van der Waals surface area contributed by atoms with Gasteiger partial charge in [-0.2, -0.15) is 0 Å². The zero-order valence-electron chi connectivity index (χ0n) is 18.4. The van der Waals surface area contributed by atoms with E-state index in [1.807, 2.05) is 41.3 Å². The zero-order valence-corrected chi connectivity index (χ0v) is 18.4. The molecule has 2 amide bonds. The largest absolute Gasteiger partial charge is 0.354 e. The van der Waals surface area contributed by atoms with Crippen LogP contribution in [0.2, 0.25) is 0 Å². The third-order valence-electron chi connectivity index (χ3n) is 5.93. The van der Waals surface area contributed by atoms with Crippen LogP contribution in [0, 0.1) is 11.8 Å². The van der Waals surface area contributed by atoms with Gasteiger partial charge >= 0.3 is 0 Å². The fraction of sp³-hybridized carbons (Fsp3) is 0.583. The first-order chi connectivity index (χ1) is 14.0. The number of carbonyl (C=O) groups is 2. The highest BCUT2D eigenvalue weighted by Gasteiger charge is 2.28. The van der Waals surface area contributed by atoms with Crippen molar-refractivity contribution in [2.45, 2.75) is 46.6 Å². The summed E-state index contributed by atoms with van der Waals surface area (Å²) in [5.41, 5.74) is 1.02. The lowest BCUT2D eigenvalue weighted by Gasteiger charge is -2.34. The van der Waals surface area contributed by atoms with Gasteiger partial charge in [-0.25, -0.2) is 0 Å². The minimum absolute atomic E-state index is 0.00154. The Balaban J connectivity index is 1.79. The summed E-state index contributed by atoms with van der Waals surface area (Å²) in [5, 5.41) is 3.18. The maximum atomic E-state index is 12.7. The third-order valence-corrected chi connectivity index (χ3v) is 5.93. The molecule has 2 rings (SSSR count). The molecule has 0 spiro atoms. The molecule has 0 bridgehead atoms. The lowest BCUT2D eigenvalue weighted by molar-refractivity contribution is -0.132. The number of likely N-dealkylation sites (tertiary alicyclic amines) is 1. The van der Waals surface area contributed by atoms with Crippen molar-refractivity contribution in [3.63, 3.8) is 0 Å². The van der Waals surface area contributed by atoms with E-state index in [0.717, 1.165) is 31.5 Å². The fourth-order valence-corrected chi connectivity index (χ4v) is 4.03. The van der Waals surface area contributed by atoms with Gasteiger partial charge in [0.15, 0.2) is 0 Å². The molecule has 1 aromatic carbocycles. The molecule has 1 heterocycles. The molecule has 160 valence electrons. The van der Waals surface area contributed by atoms with E-state index in [4.69, 9.17) is 0 Å². The molecule has 1 atom stereocenters. The van der Waals surface area contributed by atoms with Crippen LogP contribution in [0.3, 0.4) is 0 Å². The van der Waals surface area contributed by atoms with E-state index in [1.54, 1.807) is 6.08 Å². The van der Waals surface area contributed by atoms with Gasteiger partial charge in [-0.3, -0.25) is 14.5 Å². The Morgan fingerprint density at radius 2 is 1.76 bits per heavy atom. The standard InChI is InChI=1S/C24H37N3O2/c1-5-26(6-2)22(19(3)4)18-25-24(29)21-14-16-27(17-15-21)23(28)13-12-20-10-8-7-9-11-20/h7-13,19,21-22H,5-6,14-18H2,1-4H3,(H,25,29)/b13-12+/t22-/m1/s1. The molecule has 1 saturated heterocycles. The van der Waals surface area contributed by atoms with Gasteiger partial charge in [0.1, 0.15) is 0 Å². The van der Waals surface area contributed by atoms with Crippen LogP contribution in [0.25, 0.3) is 6.08 Å². The Kier molecular flexibility index (Phi) is 9.39. The van der Waals surface area contributed by atoms with E-state index in [9.17, 15) is 9.59 Å². The molecule has 0 radical (unpaired) electrons.